The highest BCUT2D eigenvalue weighted by molar-refractivity contribution is 7.89. The summed E-state index contributed by atoms with van der Waals surface area (Å²) in [5, 5.41) is 2.81. The number of amides is 1. The standard InChI is InChI=1S/C20H24N2O5S/c1-26-16-12-15(13-17(14-16)27-2)21-20(23)19-10-6-7-11-22(19)28(24,25)18-8-4-3-5-9-18/h3-5,8-9,12-14,19H,6-7,10-11H2,1-2H3,(H,21,23)/t19-/m0/s1. The Hall–Kier alpha value is -2.58. The Bertz CT molecular complexity index is 909. The number of anilines is 1. The number of sulfonamides is 1. The molecule has 0 saturated carbocycles. The third kappa shape index (κ3) is 4.28. The molecule has 28 heavy (non-hydrogen) atoms. The number of ether oxygens (including phenoxy) is 2. The van der Waals surface area contributed by atoms with E-state index in [0.717, 1.165) is 12.8 Å². The Kier molecular flexibility index (Phi) is 6.21. The fourth-order valence-corrected chi connectivity index (χ4v) is 4.97. The molecule has 1 heterocycles. The lowest BCUT2D eigenvalue weighted by Gasteiger charge is -2.33. The van der Waals surface area contributed by atoms with Gasteiger partial charge in [0, 0.05) is 30.4 Å². The summed E-state index contributed by atoms with van der Waals surface area (Å²) in [5.74, 6) is 0.702. The average Bonchev–Trinajstić information content (AvgIpc) is 2.74. The number of methoxy groups -OCH3 is 2. The van der Waals surface area contributed by atoms with Gasteiger partial charge in [0.05, 0.1) is 19.1 Å². The first-order valence-corrected chi connectivity index (χ1v) is 10.5. The molecule has 1 atom stereocenters. The largest absolute Gasteiger partial charge is 0.497 e. The number of nitrogens with one attached hydrogen (secondary N) is 1. The van der Waals surface area contributed by atoms with Crippen LogP contribution in [0, 0.1) is 0 Å². The van der Waals surface area contributed by atoms with Crippen LogP contribution in [0.5, 0.6) is 11.5 Å². The number of piperidine rings is 1. The lowest BCUT2D eigenvalue weighted by atomic mass is 10.0. The van der Waals surface area contributed by atoms with Crippen molar-refractivity contribution in [3.05, 3.63) is 48.5 Å². The summed E-state index contributed by atoms with van der Waals surface area (Å²) in [6.45, 7) is 0.316. The first-order chi connectivity index (χ1) is 13.5. The normalized spacial score (nSPS) is 17.7. The highest BCUT2D eigenvalue weighted by atomic mass is 32.2. The molecule has 0 spiro atoms. The van der Waals surface area contributed by atoms with Crippen molar-refractivity contribution in [3.63, 3.8) is 0 Å². The number of hydrogen-bond acceptors (Lipinski definition) is 5. The molecule has 1 aliphatic rings. The van der Waals surface area contributed by atoms with Crippen LogP contribution in [-0.2, 0) is 14.8 Å². The van der Waals surface area contributed by atoms with Crippen LogP contribution in [-0.4, -0.2) is 45.4 Å². The predicted molar refractivity (Wildman–Crippen MR) is 106 cm³/mol. The topological polar surface area (TPSA) is 84.9 Å². The van der Waals surface area contributed by atoms with Gasteiger partial charge in [-0.2, -0.15) is 4.31 Å². The van der Waals surface area contributed by atoms with Crippen LogP contribution < -0.4 is 14.8 Å². The maximum atomic E-state index is 13.1. The summed E-state index contributed by atoms with van der Waals surface area (Å²) < 4.78 is 37.9. The van der Waals surface area contributed by atoms with Crippen LogP contribution in [0.25, 0.3) is 0 Å². The molecule has 0 aromatic heterocycles. The second-order valence-electron chi connectivity index (χ2n) is 6.53. The van der Waals surface area contributed by atoms with Gasteiger partial charge in [0.25, 0.3) is 0 Å². The Balaban J connectivity index is 1.85. The van der Waals surface area contributed by atoms with E-state index in [1.807, 2.05) is 0 Å². The van der Waals surface area contributed by atoms with E-state index in [1.165, 1.54) is 18.5 Å². The van der Waals surface area contributed by atoms with E-state index in [0.29, 0.717) is 30.2 Å². The van der Waals surface area contributed by atoms with E-state index in [-0.39, 0.29) is 10.8 Å². The van der Waals surface area contributed by atoms with Gasteiger partial charge in [0.2, 0.25) is 15.9 Å². The molecule has 7 nitrogen and oxygen atoms in total. The smallest absolute Gasteiger partial charge is 0.243 e. The molecular weight excluding hydrogens is 380 g/mol. The molecule has 1 N–H and O–H groups in total. The zero-order chi connectivity index (χ0) is 20.1. The molecule has 1 saturated heterocycles. The van der Waals surface area contributed by atoms with E-state index in [9.17, 15) is 13.2 Å². The second-order valence-corrected chi connectivity index (χ2v) is 8.42. The molecule has 150 valence electrons. The van der Waals surface area contributed by atoms with E-state index >= 15 is 0 Å². The third-order valence-electron chi connectivity index (χ3n) is 4.73. The van der Waals surface area contributed by atoms with Gasteiger partial charge in [-0.15, -0.1) is 0 Å². The minimum Gasteiger partial charge on any atom is -0.497 e. The molecule has 0 radical (unpaired) electrons. The molecule has 2 aromatic rings. The monoisotopic (exact) mass is 404 g/mol. The predicted octanol–water partition coefficient (Wildman–Crippen LogP) is 2.89. The van der Waals surface area contributed by atoms with Crippen LogP contribution in [0.1, 0.15) is 19.3 Å². The number of benzene rings is 2. The van der Waals surface area contributed by atoms with Gasteiger partial charge >= 0.3 is 0 Å². The van der Waals surface area contributed by atoms with Crippen molar-refractivity contribution in [2.75, 3.05) is 26.1 Å². The fraction of sp³-hybridized carbons (Fsp3) is 0.350. The first kappa shape index (κ1) is 20.2. The molecule has 1 amide bonds. The summed E-state index contributed by atoms with van der Waals surface area (Å²) in [4.78, 5) is 13.1. The van der Waals surface area contributed by atoms with Crippen molar-refractivity contribution in [2.45, 2.75) is 30.2 Å². The number of rotatable bonds is 6. The van der Waals surface area contributed by atoms with Gasteiger partial charge in [-0.05, 0) is 25.0 Å². The van der Waals surface area contributed by atoms with Crippen molar-refractivity contribution in [2.24, 2.45) is 0 Å². The van der Waals surface area contributed by atoms with E-state index in [1.54, 1.807) is 48.5 Å². The Labute approximate surface area is 165 Å². The van der Waals surface area contributed by atoms with Crippen molar-refractivity contribution in [1.29, 1.82) is 0 Å². The minimum atomic E-state index is -3.75. The highest BCUT2D eigenvalue weighted by Gasteiger charge is 2.37. The van der Waals surface area contributed by atoms with Crippen LogP contribution >= 0.6 is 0 Å². The maximum Gasteiger partial charge on any atom is 0.243 e. The molecule has 0 bridgehead atoms. The summed E-state index contributed by atoms with van der Waals surface area (Å²) in [7, 11) is -0.704. The Morgan fingerprint density at radius 2 is 1.68 bits per heavy atom. The van der Waals surface area contributed by atoms with Crippen LogP contribution in [0.3, 0.4) is 0 Å². The lowest BCUT2D eigenvalue weighted by Crippen LogP contribution is -2.49. The summed E-state index contributed by atoms with van der Waals surface area (Å²) in [6, 6.07) is 12.5. The first-order valence-electron chi connectivity index (χ1n) is 9.06. The number of carbonyl (C=O) groups excluding carboxylic acids is 1. The van der Waals surface area contributed by atoms with Gasteiger partial charge < -0.3 is 14.8 Å². The molecule has 8 heteroatoms. The zero-order valence-electron chi connectivity index (χ0n) is 15.9. The second kappa shape index (κ2) is 8.62. The Morgan fingerprint density at radius 1 is 1.04 bits per heavy atom. The van der Waals surface area contributed by atoms with Crippen molar-refractivity contribution < 1.29 is 22.7 Å². The number of carbonyl (C=O) groups is 1. The van der Waals surface area contributed by atoms with Crippen molar-refractivity contribution in [1.82, 2.24) is 4.31 Å². The van der Waals surface area contributed by atoms with Gasteiger partial charge in [-0.1, -0.05) is 24.6 Å². The minimum absolute atomic E-state index is 0.192. The van der Waals surface area contributed by atoms with Crippen molar-refractivity contribution in [3.8, 4) is 11.5 Å². The third-order valence-corrected chi connectivity index (χ3v) is 6.65. The average molecular weight is 404 g/mol. The Morgan fingerprint density at radius 3 is 2.29 bits per heavy atom. The highest BCUT2D eigenvalue weighted by Crippen LogP contribution is 2.29. The molecule has 1 aliphatic heterocycles. The molecule has 2 aromatic carbocycles. The van der Waals surface area contributed by atoms with Gasteiger partial charge in [0.1, 0.15) is 17.5 Å². The van der Waals surface area contributed by atoms with Gasteiger partial charge in [-0.25, -0.2) is 8.42 Å². The van der Waals surface area contributed by atoms with E-state index in [2.05, 4.69) is 5.32 Å². The van der Waals surface area contributed by atoms with Gasteiger partial charge in [-0.3, -0.25) is 4.79 Å². The zero-order valence-corrected chi connectivity index (χ0v) is 16.7. The molecule has 0 aliphatic carbocycles. The fourth-order valence-electron chi connectivity index (χ4n) is 3.29. The molecular formula is C20H24N2O5S. The lowest BCUT2D eigenvalue weighted by molar-refractivity contribution is -0.120. The van der Waals surface area contributed by atoms with Gasteiger partial charge in [0.15, 0.2) is 0 Å². The number of nitrogens with zero attached hydrogens (tertiary/aromatic N) is 1. The van der Waals surface area contributed by atoms with Crippen molar-refractivity contribution >= 4 is 21.6 Å². The summed E-state index contributed by atoms with van der Waals surface area (Å²) in [5.41, 5.74) is 0.490. The maximum absolute atomic E-state index is 13.1. The molecule has 3 rings (SSSR count). The van der Waals surface area contributed by atoms with Crippen LogP contribution in [0.15, 0.2) is 53.4 Å². The summed E-state index contributed by atoms with van der Waals surface area (Å²) >= 11 is 0. The van der Waals surface area contributed by atoms with Crippen LogP contribution in [0.4, 0.5) is 5.69 Å². The van der Waals surface area contributed by atoms with E-state index in [4.69, 9.17) is 9.47 Å². The quantitative estimate of drug-likeness (QED) is 0.800. The van der Waals surface area contributed by atoms with Crippen LogP contribution in [0.2, 0.25) is 0 Å². The van der Waals surface area contributed by atoms with E-state index < -0.39 is 16.1 Å². The summed E-state index contributed by atoms with van der Waals surface area (Å²) in [6.07, 6.45) is 1.99. The molecule has 0 unspecified atom stereocenters. The number of hydrogen-bond donors (Lipinski definition) is 1. The SMILES string of the molecule is COc1cc(NC(=O)[C@@H]2CCCCN2S(=O)(=O)c2ccccc2)cc(OC)c1. The molecule has 1 fully saturated rings.